The zero-order chi connectivity index (χ0) is 9.97. The van der Waals surface area contributed by atoms with E-state index in [0.29, 0.717) is 0 Å². The third-order valence-electron chi connectivity index (χ3n) is 2.75. The SMILES string of the molecule is Cc1cc(O)cc(OCC2CCC2)c1. The molecule has 0 aromatic heterocycles. The van der Waals surface area contributed by atoms with Gasteiger partial charge in [0.25, 0.3) is 0 Å². The van der Waals surface area contributed by atoms with Crippen molar-refractivity contribution in [1.82, 2.24) is 0 Å². The van der Waals surface area contributed by atoms with E-state index in [4.69, 9.17) is 4.74 Å². The molecule has 1 fully saturated rings. The first kappa shape index (κ1) is 9.38. The first-order chi connectivity index (χ1) is 6.74. The fraction of sp³-hybridized carbons (Fsp3) is 0.500. The summed E-state index contributed by atoms with van der Waals surface area (Å²) >= 11 is 0. The predicted octanol–water partition coefficient (Wildman–Crippen LogP) is 2.88. The maximum absolute atomic E-state index is 9.35. The summed E-state index contributed by atoms with van der Waals surface area (Å²) in [6.07, 6.45) is 3.92. The van der Waals surface area contributed by atoms with Crippen LogP contribution in [0.25, 0.3) is 0 Å². The van der Waals surface area contributed by atoms with Gasteiger partial charge in [0, 0.05) is 6.07 Å². The molecule has 0 atom stereocenters. The van der Waals surface area contributed by atoms with E-state index in [9.17, 15) is 5.11 Å². The standard InChI is InChI=1S/C12H16O2/c1-9-5-11(13)7-12(6-9)14-8-10-3-2-4-10/h5-7,10,13H,2-4,8H2,1H3. The largest absolute Gasteiger partial charge is 0.508 e. The van der Waals surface area contributed by atoms with Gasteiger partial charge in [0.05, 0.1) is 6.61 Å². The highest BCUT2D eigenvalue weighted by molar-refractivity contribution is 5.36. The van der Waals surface area contributed by atoms with Crippen molar-refractivity contribution < 1.29 is 9.84 Å². The van der Waals surface area contributed by atoms with Crippen LogP contribution in [0.5, 0.6) is 11.5 Å². The number of aryl methyl sites for hydroxylation is 1. The number of hydrogen-bond acceptors (Lipinski definition) is 2. The summed E-state index contributed by atoms with van der Waals surface area (Å²) in [7, 11) is 0. The van der Waals surface area contributed by atoms with Gasteiger partial charge in [-0.25, -0.2) is 0 Å². The molecule has 0 spiro atoms. The molecule has 0 saturated heterocycles. The number of phenolic OH excluding ortho intramolecular Hbond substituents is 1. The Morgan fingerprint density at radius 2 is 2.14 bits per heavy atom. The van der Waals surface area contributed by atoms with Crippen molar-refractivity contribution >= 4 is 0 Å². The van der Waals surface area contributed by atoms with Crippen LogP contribution < -0.4 is 4.74 Å². The quantitative estimate of drug-likeness (QED) is 0.798. The van der Waals surface area contributed by atoms with Gasteiger partial charge >= 0.3 is 0 Å². The topological polar surface area (TPSA) is 29.5 Å². The number of phenols is 1. The molecule has 2 nitrogen and oxygen atoms in total. The molecular formula is C12H16O2. The highest BCUT2D eigenvalue weighted by Crippen LogP contribution is 2.28. The van der Waals surface area contributed by atoms with E-state index in [1.54, 1.807) is 12.1 Å². The number of rotatable bonds is 3. The monoisotopic (exact) mass is 192 g/mol. The van der Waals surface area contributed by atoms with Gasteiger partial charge in [-0.3, -0.25) is 0 Å². The van der Waals surface area contributed by atoms with Gasteiger partial charge in [-0.05, 0) is 43.4 Å². The van der Waals surface area contributed by atoms with Gasteiger partial charge < -0.3 is 9.84 Å². The summed E-state index contributed by atoms with van der Waals surface area (Å²) in [5.74, 6) is 1.81. The van der Waals surface area contributed by atoms with Crippen LogP contribution >= 0.6 is 0 Å². The molecule has 14 heavy (non-hydrogen) atoms. The second-order valence-corrected chi connectivity index (χ2v) is 4.11. The molecule has 2 rings (SSSR count). The van der Waals surface area contributed by atoms with Crippen molar-refractivity contribution in [2.45, 2.75) is 26.2 Å². The van der Waals surface area contributed by atoms with E-state index in [0.717, 1.165) is 23.8 Å². The van der Waals surface area contributed by atoms with Gasteiger partial charge in [0.2, 0.25) is 0 Å². The first-order valence-corrected chi connectivity index (χ1v) is 5.17. The Balaban J connectivity index is 1.94. The third kappa shape index (κ3) is 2.19. The van der Waals surface area contributed by atoms with Gasteiger partial charge in [0.1, 0.15) is 11.5 Å². The highest BCUT2D eigenvalue weighted by Gasteiger charge is 2.17. The van der Waals surface area contributed by atoms with Crippen molar-refractivity contribution in [2.75, 3.05) is 6.61 Å². The Labute approximate surface area is 84.5 Å². The van der Waals surface area contributed by atoms with E-state index < -0.39 is 0 Å². The lowest BCUT2D eigenvalue weighted by molar-refractivity contribution is 0.180. The number of hydrogen-bond donors (Lipinski definition) is 1. The zero-order valence-electron chi connectivity index (χ0n) is 8.49. The Bertz CT molecular complexity index is 296. The van der Waals surface area contributed by atoms with Crippen molar-refractivity contribution in [3.63, 3.8) is 0 Å². The summed E-state index contributed by atoms with van der Waals surface area (Å²) in [6.45, 7) is 2.75. The fourth-order valence-corrected chi connectivity index (χ4v) is 1.69. The molecule has 0 heterocycles. The number of ether oxygens (including phenoxy) is 1. The molecule has 0 amide bonds. The molecule has 1 aromatic rings. The van der Waals surface area contributed by atoms with Crippen molar-refractivity contribution in [1.29, 1.82) is 0 Å². The molecule has 76 valence electrons. The normalized spacial score (nSPS) is 16.4. The van der Waals surface area contributed by atoms with E-state index >= 15 is 0 Å². The van der Waals surface area contributed by atoms with Crippen LogP contribution in [-0.4, -0.2) is 11.7 Å². The molecule has 0 unspecified atom stereocenters. The van der Waals surface area contributed by atoms with E-state index in [1.807, 2.05) is 13.0 Å². The van der Waals surface area contributed by atoms with E-state index in [-0.39, 0.29) is 5.75 Å². The van der Waals surface area contributed by atoms with E-state index in [1.165, 1.54) is 19.3 Å². The van der Waals surface area contributed by atoms with Gasteiger partial charge in [-0.1, -0.05) is 6.42 Å². The van der Waals surface area contributed by atoms with Crippen LogP contribution in [0.2, 0.25) is 0 Å². The Kier molecular flexibility index (Phi) is 2.62. The second kappa shape index (κ2) is 3.91. The highest BCUT2D eigenvalue weighted by atomic mass is 16.5. The van der Waals surface area contributed by atoms with Crippen LogP contribution in [0.15, 0.2) is 18.2 Å². The smallest absolute Gasteiger partial charge is 0.123 e. The number of benzene rings is 1. The van der Waals surface area contributed by atoms with Crippen LogP contribution in [0.1, 0.15) is 24.8 Å². The Hall–Kier alpha value is -1.18. The van der Waals surface area contributed by atoms with Crippen molar-refractivity contribution in [2.24, 2.45) is 5.92 Å². The molecule has 0 radical (unpaired) electrons. The molecule has 2 heteroatoms. The van der Waals surface area contributed by atoms with Crippen molar-refractivity contribution in [3.8, 4) is 11.5 Å². The maximum Gasteiger partial charge on any atom is 0.123 e. The fourth-order valence-electron chi connectivity index (χ4n) is 1.69. The molecule has 0 bridgehead atoms. The van der Waals surface area contributed by atoms with Gasteiger partial charge in [-0.15, -0.1) is 0 Å². The minimum atomic E-state index is 0.286. The molecule has 1 N–H and O–H groups in total. The minimum absolute atomic E-state index is 0.286. The molecule has 0 aliphatic heterocycles. The van der Waals surface area contributed by atoms with Crippen LogP contribution in [-0.2, 0) is 0 Å². The molecular weight excluding hydrogens is 176 g/mol. The predicted molar refractivity (Wildman–Crippen MR) is 55.7 cm³/mol. The summed E-state index contributed by atoms with van der Waals surface area (Å²) in [5.41, 5.74) is 1.04. The van der Waals surface area contributed by atoms with Crippen LogP contribution in [0.3, 0.4) is 0 Å². The lowest BCUT2D eigenvalue weighted by atomic mass is 9.86. The van der Waals surface area contributed by atoms with Crippen LogP contribution in [0.4, 0.5) is 0 Å². The molecule has 1 aliphatic carbocycles. The summed E-state index contributed by atoms with van der Waals surface area (Å²) in [4.78, 5) is 0. The lowest BCUT2D eigenvalue weighted by Crippen LogP contribution is -2.19. The summed E-state index contributed by atoms with van der Waals surface area (Å²) in [5, 5.41) is 9.35. The zero-order valence-corrected chi connectivity index (χ0v) is 8.49. The lowest BCUT2D eigenvalue weighted by Gasteiger charge is -2.25. The van der Waals surface area contributed by atoms with Gasteiger partial charge in [0.15, 0.2) is 0 Å². The van der Waals surface area contributed by atoms with Crippen molar-refractivity contribution in [3.05, 3.63) is 23.8 Å². The van der Waals surface area contributed by atoms with Crippen LogP contribution in [0, 0.1) is 12.8 Å². The van der Waals surface area contributed by atoms with Gasteiger partial charge in [-0.2, -0.15) is 0 Å². The minimum Gasteiger partial charge on any atom is -0.508 e. The average Bonchev–Trinajstić information content (AvgIpc) is 1.99. The average molecular weight is 192 g/mol. The summed E-state index contributed by atoms with van der Waals surface area (Å²) in [6, 6.07) is 5.36. The van der Waals surface area contributed by atoms with E-state index in [2.05, 4.69) is 0 Å². The molecule has 1 saturated carbocycles. The third-order valence-corrected chi connectivity index (χ3v) is 2.75. The second-order valence-electron chi connectivity index (χ2n) is 4.11. The Morgan fingerprint density at radius 3 is 2.71 bits per heavy atom. The first-order valence-electron chi connectivity index (χ1n) is 5.17. The maximum atomic E-state index is 9.35. The Morgan fingerprint density at radius 1 is 1.36 bits per heavy atom. The molecule has 1 aromatic carbocycles. The number of aromatic hydroxyl groups is 1. The molecule has 1 aliphatic rings. The summed E-state index contributed by atoms with van der Waals surface area (Å²) < 4.78 is 5.61.